The molecule has 1 fully saturated rings. The number of imidazole rings is 2. The van der Waals surface area contributed by atoms with Gasteiger partial charge in [-0.15, -0.1) is 0 Å². The summed E-state index contributed by atoms with van der Waals surface area (Å²) in [5, 5.41) is 7.56. The maximum absolute atomic E-state index is 5.40. The first-order valence-corrected chi connectivity index (χ1v) is 11.5. The van der Waals surface area contributed by atoms with Crippen molar-refractivity contribution in [2.75, 3.05) is 5.32 Å². The average Bonchev–Trinajstić information content (AvgIpc) is 3.54. The number of aryl methyl sites for hydroxylation is 2. The van der Waals surface area contributed by atoms with E-state index in [1.165, 1.54) is 19.3 Å². The van der Waals surface area contributed by atoms with Crippen LogP contribution in [0.25, 0.3) is 33.6 Å². The maximum atomic E-state index is 5.40. The highest BCUT2D eigenvalue weighted by Crippen LogP contribution is 2.33. The van der Waals surface area contributed by atoms with Crippen molar-refractivity contribution in [1.29, 1.82) is 0 Å². The summed E-state index contributed by atoms with van der Waals surface area (Å²) in [6, 6.07) is 8.43. The van der Waals surface area contributed by atoms with Gasteiger partial charge >= 0.3 is 0 Å². The van der Waals surface area contributed by atoms with Gasteiger partial charge in [-0.25, -0.2) is 19.9 Å². The molecule has 1 saturated carbocycles. The number of hydrogen-bond acceptors (Lipinski definition) is 7. The zero-order chi connectivity index (χ0) is 22.4. The molecule has 9 nitrogen and oxygen atoms in total. The van der Waals surface area contributed by atoms with Crippen LogP contribution in [-0.4, -0.2) is 34.6 Å². The summed E-state index contributed by atoms with van der Waals surface area (Å²) in [6.07, 6.45) is 7.99. The number of nitrogens with one attached hydrogen (secondary N) is 2. The lowest BCUT2D eigenvalue weighted by Crippen LogP contribution is -2.13. The van der Waals surface area contributed by atoms with Gasteiger partial charge in [-0.3, -0.25) is 0 Å². The van der Waals surface area contributed by atoms with E-state index >= 15 is 0 Å². The minimum atomic E-state index is 0.416. The van der Waals surface area contributed by atoms with Gasteiger partial charge in [0.2, 0.25) is 0 Å². The van der Waals surface area contributed by atoms with Crippen LogP contribution in [0.3, 0.4) is 0 Å². The lowest BCUT2D eigenvalue weighted by Gasteiger charge is -2.23. The van der Waals surface area contributed by atoms with E-state index in [1.807, 2.05) is 44.4 Å². The first-order chi connectivity index (χ1) is 16.2. The number of anilines is 1. The van der Waals surface area contributed by atoms with Crippen molar-refractivity contribution >= 4 is 28.0 Å². The summed E-state index contributed by atoms with van der Waals surface area (Å²) >= 11 is 0. The quantitative estimate of drug-likeness (QED) is 0.390. The van der Waals surface area contributed by atoms with Crippen LogP contribution in [0, 0.1) is 13.8 Å². The van der Waals surface area contributed by atoms with Crippen LogP contribution in [0.2, 0.25) is 0 Å². The van der Waals surface area contributed by atoms with Crippen molar-refractivity contribution < 1.29 is 4.52 Å². The summed E-state index contributed by atoms with van der Waals surface area (Å²) in [5.41, 5.74) is 5.19. The Morgan fingerprint density at radius 2 is 1.94 bits per heavy atom. The molecule has 1 aliphatic rings. The number of aromatic nitrogens is 7. The van der Waals surface area contributed by atoms with Crippen molar-refractivity contribution in [1.82, 2.24) is 34.6 Å². The second-order valence-corrected chi connectivity index (χ2v) is 8.77. The zero-order valence-corrected chi connectivity index (χ0v) is 18.8. The molecular weight excluding hydrogens is 416 g/mol. The van der Waals surface area contributed by atoms with Crippen molar-refractivity contribution in [2.24, 2.45) is 0 Å². The molecule has 6 rings (SSSR count). The largest absolute Gasteiger partial charge is 0.361 e. The van der Waals surface area contributed by atoms with E-state index < -0.39 is 0 Å². The number of nitrogens with zero attached hydrogens (tertiary/aromatic N) is 6. The molecule has 168 valence electrons. The third-order valence-corrected chi connectivity index (χ3v) is 6.51. The highest BCUT2D eigenvalue weighted by Gasteiger charge is 2.23. The lowest BCUT2D eigenvalue weighted by molar-refractivity contribution is 0.358. The number of aromatic amines is 1. The van der Waals surface area contributed by atoms with Gasteiger partial charge in [0.1, 0.15) is 17.1 Å². The smallest absolute Gasteiger partial charge is 0.169 e. The summed E-state index contributed by atoms with van der Waals surface area (Å²) < 4.78 is 7.63. The van der Waals surface area contributed by atoms with Crippen LogP contribution in [0.4, 0.5) is 5.82 Å². The Balaban J connectivity index is 1.43. The predicted molar refractivity (Wildman–Crippen MR) is 126 cm³/mol. The second kappa shape index (κ2) is 7.99. The van der Waals surface area contributed by atoms with Gasteiger partial charge in [-0.05, 0) is 38.8 Å². The number of H-pyrrole nitrogens is 1. The Morgan fingerprint density at radius 3 is 2.73 bits per heavy atom. The van der Waals surface area contributed by atoms with E-state index in [-0.39, 0.29) is 0 Å². The van der Waals surface area contributed by atoms with Crippen LogP contribution in [0.5, 0.6) is 0 Å². The fraction of sp³-hybridized carbons (Fsp3) is 0.375. The van der Waals surface area contributed by atoms with Crippen LogP contribution in [0.1, 0.15) is 55.4 Å². The summed E-state index contributed by atoms with van der Waals surface area (Å²) in [7, 11) is 0. The number of benzene rings is 1. The molecule has 0 spiro atoms. The second-order valence-electron chi connectivity index (χ2n) is 8.77. The Kier molecular flexibility index (Phi) is 4.82. The molecule has 1 aliphatic carbocycles. The minimum Gasteiger partial charge on any atom is -0.361 e. The number of hydrogen-bond donors (Lipinski definition) is 2. The molecule has 0 atom stereocenters. The molecule has 5 aromatic rings. The van der Waals surface area contributed by atoms with Gasteiger partial charge in [0.05, 0.1) is 35.2 Å². The molecule has 1 aromatic carbocycles. The molecule has 0 unspecified atom stereocenters. The predicted octanol–water partition coefficient (Wildman–Crippen LogP) is 5.09. The first-order valence-electron chi connectivity index (χ1n) is 11.5. The third kappa shape index (κ3) is 3.53. The van der Waals surface area contributed by atoms with Gasteiger partial charge in [0.25, 0.3) is 0 Å². The number of fused-ring (bicyclic) bond motifs is 2. The highest BCUT2D eigenvalue weighted by atomic mass is 16.5. The minimum absolute atomic E-state index is 0.416. The van der Waals surface area contributed by atoms with Crippen molar-refractivity contribution in [3.8, 4) is 11.4 Å². The summed E-state index contributed by atoms with van der Waals surface area (Å²) in [6.45, 7) is 4.31. The number of rotatable bonds is 5. The normalized spacial score (nSPS) is 15.0. The average molecular weight is 443 g/mol. The standard InChI is InChI=1S/C24H26N8O/c1-14-20(15(2)33-31-14)22-29-23(25-12-19-27-17-10-6-7-11-18(17)28-19)21-24(30-22)32(13-26-21)16-8-4-3-5-9-16/h6-7,10-11,13,16H,3-5,8-9,12H2,1-2H3,(H,27,28)(H,25,29,30). The van der Waals surface area contributed by atoms with Gasteiger partial charge in [0, 0.05) is 6.04 Å². The Labute approximate surface area is 190 Å². The monoisotopic (exact) mass is 442 g/mol. The molecule has 4 aromatic heterocycles. The fourth-order valence-electron chi connectivity index (χ4n) is 4.84. The fourth-order valence-corrected chi connectivity index (χ4v) is 4.84. The van der Waals surface area contributed by atoms with Crippen LogP contribution in [0.15, 0.2) is 35.1 Å². The van der Waals surface area contributed by atoms with Crippen molar-refractivity contribution in [3.05, 3.63) is 47.9 Å². The summed E-state index contributed by atoms with van der Waals surface area (Å²) in [5.74, 6) is 2.83. The summed E-state index contributed by atoms with van der Waals surface area (Å²) in [4.78, 5) is 22.6. The van der Waals surface area contributed by atoms with E-state index in [1.54, 1.807) is 0 Å². The first kappa shape index (κ1) is 19.9. The van der Waals surface area contributed by atoms with E-state index in [0.717, 1.165) is 52.1 Å². The van der Waals surface area contributed by atoms with E-state index in [9.17, 15) is 0 Å². The molecular formula is C24H26N8O. The molecule has 9 heteroatoms. The molecule has 0 aliphatic heterocycles. The van der Waals surface area contributed by atoms with Crippen molar-refractivity contribution in [3.63, 3.8) is 0 Å². The van der Waals surface area contributed by atoms with Gasteiger partial charge < -0.3 is 19.4 Å². The van der Waals surface area contributed by atoms with Crippen LogP contribution >= 0.6 is 0 Å². The SMILES string of the molecule is Cc1noc(C)c1-c1nc(NCc2nc3ccccc3[nH]2)c2ncn(C3CCCCC3)c2n1. The van der Waals surface area contributed by atoms with Crippen LogP contribution < -0.4 is 5.32 Å². The van der Waals surface area contributed by atoms with Gasteiger partial charge in [-0.2, -0.15) is 0 Å². The topological polar surface area (TPSA) is 110 Å². The third-order valence-electron chi connectivity index (χ3n) is 6.51. The highest BCUT2D eigenvalue weighted by molar-refractivity contribution is 5.85. The molecule has 4 heterocycles. The Morgan fingerprint density at radius 1 is 1.09 bits per heavy atom. The van der Waals surface area contributed by atoms with E-state index in [0.29, 0.717) is 30.0 Å². The molecule has 0 saturated heterocycles. The Bertz CT molecular complexity index is 1390. The zero-order valence-electron chi connectivity index (χ0n) is 18.8. The lowest BCUT2D eigenvalue weighted by atomic mass is 9.95. The number of para-hydroxylation sites is 2. The van der Waals surface area contributed by atoms with Crippen LogP contribution in [-0.2, 0) is 6.54 Å². The van der Waals surface area contributed by atoms with Crippen molar-refractivity contribution in [2.45, 2.75) is 58.5 Å². The van der Waals surface area contributed by atoms with Gasteiger partial charge in [-0.1, -0.05) is 36.6 Å². The molecule has 0 amide bonds. The van der Waals surface area contributed by atoms with E-state index in [2.05, 4.69) is 25.0 Å². The Hall–Kier alpha value is -3.75. The maximum Gasteiger partial charge on any atom is 0.169 e. The molecule has 0 radical (unpaired) electrons. The van der Waals surface area contributed by atoms with E-state index in [4.69, 9.17) is 19.5 Å². The molecule has 0 bridgehead atoms. The van der Waals surface area contributed by atoms with Gasteiger partial charge in [0.15, 0.2) is 17.3 Å². The molecule has 2 N–H and O–H groups in total. The molecule has 33 heavy (non-hydrogen) atoms.